The molecule has 4 aromatic carbocycles. The molecule has 0 saturated heterocycles. The van der Waals surface area contributed by atoms with E-state index in [0.717, 1.165) is 22.3 Å². The number of nitrogens with zero attached hydrogens (tertiary/aromatic N) is 1. The number of aliphatic imine (C=N–C) groups is 1. The van der Waals surface area contributed by atoms with E-state index < -0.39 is 5.54 Å². The highest BCUT2D eigenvalue weighted by atomic mass is 16.1. The molecule has 0 bridgehead atoms. The van der Waals surface area contributed by atoms with Crippen molar-refractivity contribution in [2.75, 3.05) is 0 Å². The lowest BCUT2D eigenvalue weighted by atomic mass is 9.73. The van der Waals surface area contributed by atoms with Crippen molar-refractivity contribution in [3.63, 3.8) is 0 Å². The van der Waals surface area contributed by atoms with Crippen molar-refractivity contribution in [1.29, 1.82) is 0 Å². The zero-order chi connectivity index (χ0) is 22.7. The predicted octanol–water partition coefficient (Wildman–Crippen LogP) is 5.79. The minimum absolute atomic E-state index is 0.0818. The first-order valence-electron chi connectivity index (χ1n) is 11.3. The first kappa shape index (κ1) is 20.9. The quantitative estimate of drug-likeness (QED) is 0.436. The number of Topliss-reactive ketones (excluding diaryl/α,β-unsaturated/α-hetero) is 1. The fraction of sp³-hybridized carbons (Fsp3) is 0.133. The molecule has 5 rings (SSSR count). The fourth-order valence-corrected chi connectivity index (χ4v) is 4.77. The van der Waals surface area contributed by atoms with Crippen LogP contribution in [0, 0.1) is 5.92 Å². The van der Waals surface area contributed by atoms with Gasteiger partial charge in [-0.3, -0.25) is 4.79 Å². The molecule has 0 fully saturated rings. The van der Waals surface area contributed by atoms with Crippen LogP contribution in [0.4, 0.5) is 0 Å². The van der Waals surface area contributed by atoms with Gasteiger partial charge in [-0.15, -0.1) is 0 Å². The maximum Gasteiger partial charge on any atom is 0.171 e. The number of benzene rings is 4. The number of carbonyl (C=O) groups excluding carboxylic acids is 1. The molecule has 33 heavy (non-hydrogen) atoms. The monoisotopic (exact) mass is 430 g/mol. The Kier molecular flexibility index (Phi) is 5.62. The molecule has 0 aromatic heterocycles. The maximum atomic E-state index is 13.8. The Bertz CT molecular complexity index is 1240. The molecule has 1 aliphatic heterocycles. The van der Waals surface area contributed by atoms with Gasteiger partial charge < -0.3 is 5.73 Å². The van der Waals surface area contributed by atoms with Gasteiger partial charge in [0.05, 0.1) is 5.84 Å². The van der Waals surface area contributed by atoms with E-state index in [0.29, 0.717) is 18.7 Å². The number of carbonyl (C=O) groups is 1. The molecule has 0 spiro atoms. The summed E-state index contributed by atoms with van der Waals surface area (Å²) in [4.78, 5) is 18.7. The first-order chi connectivity index (χ1) is 16.2. The van der Waals surface area contributed by atoms with Crippen molar-refractivity contribution in [3.8, 4) is 11.1 Å². The van der Waals surface area contributed by atoms with Gasteiger partial charge in [0.1, 0.15) is 0 Å². The number of hydrogen-bond donors (Lipinski definition) is 1. The van der Waals surface area contributed by atoms with Crippen LogP contribution in [0.2, 0.25) is 0 Å². The van der Waals surface area contributed by atoms with E-state index in [9.17, 15) is 4.79 Å². The Morgan fingerprint density at radius 1 is 0.727 bits per heavy atom. The van der Waals surface area contributed by atoms with Crippen LogP contribution in [-0.4, -0.2) is 11.6 Å². The Morgan fingerprint density at radius 2 is 1.27 bits per heavy atom. The summed E-state index contributed by atoms with van der Waals surface area (Å²) in [6.07, 6.45) is 1.04. The first-order valence-corrected chi connectivity index (χ1v) is 11.3. The Morgan fingerprint density at radius 3 is 1.88 bits per heavy atom. The van der Waals surface area contributed by atoms with Crippen molar-refractivity contribution in [2.45, 2.75) is 18.4 Å². The van der Waals surface area contributed by atoms with Gasteiger partial charge in [-0.25, -0.2) is 4.99 Å². The topological polar surface area (TPSA) is 55.4 Å². The Labute approximate surface area is 194 Å². The van der Waals surface area contributed by atoms with E-state index in [1.165, 1.54) is 5.56 Å². The molecular formula is C30H26N2O. The summed E-state index contributed by atoms with van der Waals surface area (Å²) >= 11 is 0. The summed E-state index contributed by atoms with van der Waals surface area (Å²) in [5, 5.41) is 0. The third-order valence-electron chi connectivity index (χ3n) is 6.45. The molecule has 1 atom stereocenters. The van der Waals surface area contributed by atoms with Gasteiger partial charge in [-0.05, 0) is 34.2 Å². The third kappa shape index (κ3) is 3.98. The number of ketones is 1. The van der Waals surface area contributed by atoms with E-state index in [4.69, 9.17) is 10.7 Å². The van der Waals surface area contributed by atoms with E-state index in [-0.39, 0.29) is 11.7 Å². The second-order valence-corrected chi connectivity index (χ2v) is 8.57. The Hall–Kier alpha value is -3.98. The van der Waals surface area contributed by atoms with Crippen molar-refractivity contribution in [3.05, 3.63) is 132 Å². The van der Waals surface area contributed by atoms with Crippen LogP contribution in [0.25, 0.3) is 11.1 Å². The van der Waals surface area contributed by atoms with Gasteiger partial charge in [0.25, 0.3) is 0 Å². The largest absolute Gasteiger partial charge is 0.387 e. The van der Waals surface area contributed by atoms with Crippen molar-refractivity contribution in [1.82, 2.24) is 0 Å². The van der Waals surface area contributed by atoms with E-state index >= 15 is 0 Å². The lowest BCUT2D eigenvalue weighted by molar-refractivity contribution is -0.124. The van der Waals surface area contributed by atoms with Gasteiger partial charge in [0.15, 0.2) is 11.3 Å². The molecule has 162 valence electrons. The number of hydrogen-bond acceptors (Lipinski definition) is 3. The van der Waals surface area contributed by atoms with Crippen LogP contribution < -0.4 is 5.73 Å². The number of nitrogens with two attached hydrogens (primary N) is 1. The molecule has 1 heterocycles. The summed E-state index contributed by atoms with van der Waals surface area (Å²) in [5.41, 5.74) is 10.7. The van der Waals surface area contributed by atoms with Gasteiger partial charge in [-0.2, -0.15) is 0 Å². The predicted molar refractivity (Wildman–Crippen MR) is 134 cm³/mol. The molecule has 0 amide bonds. The van der Waals surface area contributed by atoms with Crippen molar-refractivity contribution >= 4 is 11.6 Å². The molecule has 0 radical (unpaired) electrons. The molecule has 1 aliphatic rings. The van der Waals surface area contributed by atoms with Gasteiger partial charge in [0, 0.05) is 12.3 Å². The Balaban J connectivity index is 1.51. The molecule has 4 aromatic rings. The molecular weight excluding hydrogens is 404 g/mol. The fourth-order valence-electron chi connectivity index (χ4n) is 4.77. The van der Waals surface area contributed by atoms with Gasteiger partial charge in [-0.1, -0.05) is 115 Å². The minimum Gasteiger partial charge on any atom is -0.387 e. The zero-order valence-corrected chi connectivity index (χ0v) is 18.4. The highest BCUT2D eigenvalue weighted by molar-refractivity contribution is 6.02. The molecule has 1 unspecified atom stereocenters. The number of amidine groups is 1. The van der Waals surface area contributed by atoms with E-state index in [1.54, 1.807) is 0 Å². The van der Waals surface area contributed by atoms with Crippen LogP contribution in [0.3, 0.4) is 0 Å². The van der Waals surface area contributed by atoms with Crippen LogP contribution in [0.15, 0.2) is 120 Å². The van der Waals surface area contributed by atoms with Crippen LogP contribution in [0.5, 0.6) is 0 Å². The average Bonchev–Trinajstić information content (AvgIpc) is 2.88. The van der Waals surface area contributed by atoms with Gasteiger partial charge >= 0.3 is 0 Å². The second-order valence-electron chi connectivity index (χ2n) is 8.57. The van der Waals surface area contributed by atoms with Crippen molar-refractivity contribution in [2.24, 2.45) is 16.6 Å². The summed E-state index contributed by atoms with van der Waals surface area (Å²) in [7, 11) is 0. The molecule has 3 nitrogen and oxygen atoms in total. The SMILES string of the molecule is NC1=NC(c2ccccc2)(c2ccccc2)C(=O)CC1Cc1cccc(-c2ccccc2)c1. The second kappa shape index (κ2) is 8.87. The smallest absolute Gasteiger partial charge is 0.171 e. The third-order valence-corrected chi connectivity index (χ3v) is 6.45. The molecule has 0 aliphatic carbocycles. The standard InChI is InChI=1S/C30H26N2O/c31-29-25(20-22-11-10-14-24(19-22)23-12-4-1-5-13-23)21-28(33)30(32-29,26-15-6-2-7-16-26)27-17-8-3-9-18-27/h1-19,25H,20-21H2,(H2,31,32). The maximum absolute atomic E-state index is 13.8. The highest BCUT2D eigenvalue weighted by Gasteiger charge is 2.46. The average molecular weight is 431 g/mol. The number of rotatable bonds is 5. The summed E-state index contributed by atoms with van der Waals surface area (Å²) < 4.78 is 0. The molecule has 0 saturated carbocycles. The minimum atomic E-state index is -1.09. The highest BCUT2D eigenvalue weighted by Crippen LogP contribution is 2.40. The normalized spacial score (nSPS) is 17.4. The van der Waals surface area contributed by atoms with E-state index in [2.05, 4.69) is 36.4 Å². The summed E-state index contributed by atoms with van der Waals surface area (Å²) in [6, 6.07) is 38.3. The lowest BCUT2D eigenvalue weighted by Crippen LogP contribution is -2.46. The van der Waals surface area contributed by atoms with E-state index in [1.807, 2.05) is 78.9 Å². The molecule has 3 heteroatoms. The summed E-state index contributed by atoms with van der Waals surface area (Å²) in [6.45, 7) is 0. The van der Waals surface area contributed by atoms with Crippen LogP contribution >= 0.6 is 0 Å². The zero-order valence-electron chi connectivity index (χ0n) is 18.4. The molecule has 2 N–H and O–H groups in total. The van der Waals surface area contributed by atoms with Crippen LogP contribution in [-0.2, 0) is 16.8 Å². The van der Waals surface area contributed by atoms with Gasteiger partial charge in [0.2, 0.25) is 0 Å². The lowest BCUT2D eigenvalue weighted by Gasteiger charge is -2.36. The summed E-state index contributed by atoms with van der Waals surface area (Å²) in [5.74, 6) is 0.495. The van der Waals surface area contributed by atoms with Crippen molar-refractivity contribution < 1.29 is 4.79 Å². The van der Waals surface area contributed by atoms with Crippen LogP contribution in [0.1, 0.15) is 23.1 Å².